The number of nitrogens with zero attached hydrogens (tertiary/aromatic N) is 5. The van der Waals surface area contributed by atoms with E-state index in [4.69, 9.17) is 0 Å². The van der Waals surface area contributed by atoms with Gasteiger partial charge in [0.05, 0.1) is 32.7 Å². The van der Waals surface area contributed by atoms with E-state index < -0.39 is 0 Å². The first kappa shape index (κ1) is 19.5. The van der Waals surface area contributed by atoms with Crippen molar-refractivity contribution in [2.75, 3.05) is 31.1 Å². The molecule has 1 N–H and O–H groups in total. The fourth-order valence-electron chi connectivity index (χ4n) is 4.27. The van der Waals surface area contributed by atoms with Crippen LogP contribution in [0.3, 0.4) is 0 Å². The largest absolute Gasteiger partial charge is 0.360 e. The highest BCUT2D eigenvalue weighted by Gasteiger charge is 2.35. The van der Waals surface area contributed by atoms with Crippen molar-refractivity contribution in [2.24, 2.45) is 5.92 Å². The quantitative estimate of drug-likeness (QED) is 0.693. The van der Waals surface area contributed by atoms with Crippen molar-refractivity contribution in [3.8, 4) is 0 Å². The van der Waals surface area contributed by atoms with E-state index in [1.807, 2.05) is 35.0 Å². The van der Waals surface area contributed by atoms with E-state index >= 15 is 0 Å². The number of hydrogen-bond acceptors (Lipinski definition) is 4. The monoisotopic (exact) mass is 395 g/mol. The first-order valence-corrected chi connectivity index (χ1v) is 10.3. The number of hydrogen-bond donors (Lipinski definition) is 1. The highest BCUT2D eigenvalue weighted by molar-refractivity contribution is 5.46. The summed E-state index contributed by atoms with van der Waals surface area (Å²) in [6.45, 7) is 9.03. The molecule has 0 aliphatic carbocycles. The highest BCUT2D eigenvalue weighted by atomic mass is 19.1. The van der Waals surface area contributed by atoms with Crippen LogP contribution in [0.15, 0.2) is 54.6 Å². The smallest absolute Gasteiger partial charge is 0.209 e. The van der Waals surface area contributed by atoms with E-state index in [9.17, 15) is 4.39 Å². The van der Waals surface area contributed by atoms with Crippen LogP contribution in [0.4, 0.5) is 10.1 Å². The van der Waals surface area contributed by atoms with Crippen LogP contribution in [0.2, 0.25) is 0 Å². The molecule has 1 aliphatic heterocycles. The fourth-order valence-corrected chi connectivity index (χ4v) is 4.27. The second kappa shape index (κ2) is 8.69. The summed E-state index contributed by atoms with van der Waals surface area (Å²) in [4.78, 5) is 3.83. The van der Waals surface area contributed by atoms with Gasteiger partial charge in [-0.3, -0.25) is 0 Å². The Bertz CT molecular complexity index is 901. The Morgan fingerprint density at radius 2 is 1.69 bits per heavy atom. The Labute approximate surface area is 170 Å². The number of rotatable bonds is 6. The lowest BCUT2D eigenvalue weighted by atomic mass is 10.0. The lowest BCUT2D eigenvalue weighted by Crippen LogP contribution is -3.15. The second-order valence-electron chi connectivity index (χ2n) is 8.02. The van der Waals surface area contributed by atoms with Gasteiger partial charge in [-0.1, -0.05) is 44.2 Å². The molecule has 7 heteroatoms. The number of aromatic nitrogens is 4. The maximum Gasteiger partial charge on any atom is 0.209 e. The van der Waals surface area contributed by atoms with Crippen LogP contribution in [0.5, 0.6) is 0 Å². The van der Waals surface area contributed by atoms with Crippen LogP contribution < -0.4 is 9.80 Å². The van der Waals surface area contributed by atoms with Gasteiger partial charge in [-0.25, -0.2) is 9.07 Å². The third kappa shape index (κ3) is 4.45. The van der Waals surface area contributed by atoms with Gasteiger partial charge in [0.15, 0.2) is 6.04 Å². The fraction of sp³-hybridized carbons (Fsp3) is 0.409. The molecule has 152 valence electrons. The predicted octanol–water partition coefficient (Wildman–Crippen LogP) is 1.96. The molecular formula is C22H28FN6+. The van der Waals surface area contributed by atoms with Gasteiger partial charge in [-0.15, -0.1) is 5.10 Å². The van der Waals surface area contributed by atoms with E-state index in [0.29, 0.717) is 12.5 Å². The summed E-state index contributed by atoms with van der Waals surface area (Å²) in [5.41, 5.74) is 2.28. The summed E-state index contributed by atoms with van der Waals surface area (Å²) in [5.74, 6) is 1.18. The lowest BCUT2D eigenvalue weighted by Gasteiger charge is -2.38. The number of piperazine rings is 1. The minimum Gasteiger partial charge on any atom is -0.360 e. The molecule has 0 unspecified atom stereocenters. The SMILES string of the molecule is CC(C)[C@@H](c1nnnn1Cc1ccccc1)[NH+]1CCN(c2ccc(F)cc2)CC1. The highest BCUT2D eigenvalue weighted by Crippen LogP contribution is 2.19. The molecule has 1 aromatic heterocycles. The molecule has 1 saturated heterocycles. The van der Waals surface area contributed by atoms with E-state index in [2.05, 4.69) is 46.4 Å². The van der Waals surface area contributed by atoms with E-state index in [1.165, 1.54) is 22.6 Å². The summed E-state index contributed by atoms with van der Waals surface area (Å²) in [5, 5.41) is 12.7. The van der Waals surface area contributed by atoms with Crippen LogP contribution in [0, 0.1) is 11.7 Å². The van der Waals surface area contributed by atoms with Crippen molar-refractivity contribution < 1.29 is 9.29 Å². The molecular weight excluding hydrogens is 367 g/mol. The van der Waals surface area contributed by atoms with Crippen molar-refractivity contribution in [1.29, 1.82) is 0 Å². The van der Waals surface area contributed by atoms with Gasteiger partial charge in [0.1, 0.15) is 5.82 Å². The van der Waals surface area contributed by atoms with Crippen LogP contribution in [-0.2, 0) is 6.54 Å². The maximum absolute atomic E-state index is 13.2. The van der Waals surface area contributed by atoms with Crippen LogP contribution in [0.1, 0.15) is 31.3 Å². The average Bonchev–Trinajstić information content (AvgIpc) is 3.17. The molecule has 0 saturated carbocycles. The molecule has 0 amide bonds. The Hall–Kier alpha value is -2.80. The Morgan fingerprint density at radius 3 is 2.34 bits per heavy atom. The second-order valence-corrected chi connectivity index (χ2v) is 8.02. The Morgan fingerprint density at radius 1 is 1.00 bits per heavy atom. The minimum absolute atomic E-state index is 0.192. The summed E-state index contributed by atoms with van der Waals surface area (Å²) in [6.07, 6.45) is 0. The van der Waals surface area contributed by atoms with Gasteiger partial charge < -0.3 is 9.80 Å². The summed E-state index contributed by atoms with van der Waals surface area (Å²) < 4.78 is 15.2. The van der Waals surface area contributed by atoms with Gasteiger partial charge in [-0.05, 0) is 40.3 Å². The molecule has 1 atom stereocenters. The zero-order valence-electron chi connectivity index (χ0n) is 17.0. The van der Waals surface area contributed by atoms with Gasteiger partial charge in [-0.2, -0.15) is 0 Å². The van der Waals surface area contributed by atoms with Crippen LogP contribution >= 0.6 is 0 Å². The van der Waals surface area contributed by atoms with Gasteiger partial charge >= 0.3 is 0 Å². The van der Waals surface area contributed by atoms with Crippen molar-refractivity contribution in [3.05, 3.63) is 71.8 Å². The number of quaternary nitrogens is 1. The zero-order chi connectivity index (χ0) is 20.2. The molecule has 2 heterocycles. The number of halogens is 1. The average molecular weight is 396 g/mol. The van der Waals surface area contributed by atoms with Gasteiger partial charge in [0, 0.05) is 11.6 Å². The molecule has 0 spiro atoms. The minimum atomic E-state index is -0.192. The van der Waals surface area contributed by atoms with Crippen molar-refractivity contribution >= 4 is 5.69 Å². The lowest BCUT2D eigenvalue weighted by molar-refractivity contribution is -0.937. The number of nitrogens with one attached hydrogen (secondary N) is 1. The maximum atomic E-state index is 13.2. The predicted molar refractivity (Wildman–Crippen MR) is 110 cm³/mol. The molecule has 6 nitrogen and oxygen atoms in total. The van der Waals surface area contributed by atoms with E-state index in [-0.39, 0.29) is 11.9 Å². The van der Waals surface area contributed by atoms with Crippen molar-refractivity contribution in [1.82, 2.24) is 20.2 Å². The van der Waals surface area contributed by atoms with Gasteiger partial charge in [0.2, 0.25) is 5.82 Å². The molecule has 3 aromatic rings. The number of benzene rings is 2. The van der Waals surface area contributed by atoms with Crippen molar-refractivity contribution in [2.45, 2.75) is 26.4 Å². The Kier molecular flexibility index (Phi) is 5.85. The topological polar surface area (TPSA) is 51.3 Å². The zero-order valence-corrected chi connectivity index (χ0v) is 17.0. The normalized spacial score (nSPS) is 16.3. The first-order valence-electron chi connectivity index (χ1n) is 10.3. The number of tetrazole rings is 1. The third-order valence-electron chi connectivity index (χ3n) is 5.72. The Balaban J connectivity index is 1.48. The van der Waals surface area contributed by atoms with Crippen LogP contribution in [-0.4, -0.2) is 46.4 Å². The van der Waals surface area contributed by atoms with Crippen molar-refractivity contribution in [3.63, 3.8) is 0 Å². The van der Waals surface area contributed by atoms with Gasteiger partial charge in [0.25, 0.3) is 0 Å². The third-order valence-corrected chi connectivity index (χ3v) is 5.72. The summed E-state index contributed by atoms with van der Waals surface area (Å²) in [7, 11) is 0. The molecule has 2 aromatic carbocycles. The molecule has 29 heavy (non-hydrogen) atoms. The standard InChI is InChI=1S/C22H27FN6/c1-17(2)21(22-24-25-26-29(22)16-18-6-4-3-5-7-18)28-14-12-27(13-15-28)20-10-8-19(23)9-11-20/h3-11,17,21H,12-16H2,1-2H3/p+1/t21-/m0/s1. The molecule has 0 radical (unpaired) electrons. The van der Waals surface area contributed by atoms with Crippen LogP contribution in [0.25, 0.3) is 0 Å². The summed E-state index contributed by atoms with van der Waals surface area (Å²) >= 11 is 0. The molecule has 4 rings (SSSR count). The van der Waals surface area contributed by atoms with E-state index in [1.54, 1.807) is 0 Å². The van der Waals surface area contributed by atoms with E-state index in [0.717, 1.165) is 37.7 Å². The first-order chi connectivity index (χ1) is 14.1. The number of anilines is 1. The molecule has 1 fully saturated rings. The molecule has 0 bridgehead atoms. The molecule has 1 aliphatic rings. The summed E-state index contributed by atoms with van der Waals surface area (Å²) in [6, 6.07) is 17.3.